The molecule has 2 amide bonds. The van der Waals surface area contributed by atoms with Crippen molar-refractivity contribution >= 4 is 39.1 Å². The Labute approximate surface area is 243 Å². The molecule has 3 rings (SSSR count). The quantitative estimate of drug-likeness (QED) is 0.295. The highest BCUT2D eigenvalue weighted by atomic mass is 35.5. The monoisotopic (exact) mass is 583 g/mol. The van der Waals surface area contributed by atoms with E-state index in [-0.39, 0.29) is 29.0 Å². The Hall–Kier alpha value is -3.36. The van der Waals surface area contributed by atoms with Gasteiger partial charge in [-0.05, 0) is 61.6 Å². The highest BCUT2D eigenvalue weighted by Gasteiger charge is 2.33. The highest BCUT2D eigenvalue weighted by molar-refractivity contribution is 7.92. The molecule has 40 heavy (non-hydrogen) atoms. The Morgan fingerprint density at radius 1 is 0.950 bits per heavy atom. The average Bonchev–Trinajstić information content (AvgIpc) is 2.93. The van der Waals surface area contributed by atoms with Crippen molar-refractivity contribution in [2.45, 2.75) is 58.5 Å². The maximum atomic E-state index is 14.1. The normalized spacial score (nSPS) is 12.2. The van der Waals surface area contributed by atoms with Crippen molar-refractivity contribution in [1.29, 1.82) is 0 Å². The van der Waals surface area contributed by atoms with E-state index in [0.29, 0.717) is 18.0 Å². The standard InChI is InChI=1S/C31H38ClN3O4S/c1-6-29(31(37)33-19-22(2)3)34(20-25-15-12-23(4)13-16-25)30(36)21-35(26-17-14-24(5)28(32)18-26)40(38,39)27-10-8-7-9-11-27/h7-18,22,29H,6,19-21H2,1-5H3,(H,33,37)/t29-/m0/s1. The van der Waals surface area contributed by atoms with Crippen molar-refractivity contribution in [3.8, 4) is 0 Å². The third-order valence-electron chi connectivity index (χ3n) is 6.60. The molecule has 0 saturated heterocycles. The lowest BCUT2D eigenvalue weighted by molar-refractivity contribution is -0.140. The van der Waals surface area contributed by atoms with Gasteiger partial charge in [0.05, 0.1) is 10.6 Å². The number of amides is 2. The fraction of sp³-hybridized carbons (Fsp3) is 0.355. The molecule has 214 valence electrons. The van der Waals surface area contributed by atoms with Gasteiger partial charge in [-0.2, -0.15) is 0 Å². The zero-order valence-corrected chi connectivity index (χ0v) is 25.3. The Bertz CT molecular complexity index is 1410. The molecule has 7 nitrogen and oxygen atoms in total. The molecule has 0 aliphatic rings. The van der Waals surface area contributed by atoms with Crippen LogP contribution in [-0.4, -0.2) is 44.3 Å². The number of nitrogens with one attached hydrogen (secondary N) is 1. The lowest BCUT2D eigenvalue weighted by Gasteiger charge is -2.33. The number of carbonyl (C=O) groups excluding carboxylic acids is 2. The van der Waals surface area contributed by atoms with Crippen LogP contribution in [0.2, 0.25) is 5.02 Å². The summed E-state index contributed by atoms with van der Waals surface area (Å²) >= 11 is 6.38. The summed E-state index contributed by atoms with van der Waals surface area (Å²) in [6, 6.07) is 19.8. The van der Waals surface area contributed by atoms with Crippen molar-refractivity contribution in [3.05, 3.63) is 94.5 Å². The van der Waals surface area contributed by atoms with E-state index in [1.54, 1.807) is 36.4 Å². The Balaban J connectivity index is 2.05. The minimum atomic E-state index is -4.14. The zero-order valence-electron chi connectivity index (χ0n) is 23.7. The number of anilines is 1. The van der Waals surface area contributed by atoms with Gasteiger partial charge in [-0.15, -0.1) is 0 Å². The molecule has 0 bridgehead atoms. The Morgan fingerprint density at radius 3 is 2.17 bits per heavy atom. The van der Waals surface area contributed by atoms with Gasteiger partial charge in [-0.25, -0.2) is 8.42 Å². The smallest absolute Gasteiger partial charge is 0.264 e. The van der Waals surface area contributed by atoms with E-state index in [1.807, 2.05) is 58.9 Å². The maximum Gasteiger partial charge on any atom is 0.264 e. The van der Waals surface area contributed by atoms with Crippen LogP contribution < -0.4 is 9.62 Å². The molecule has 1 N–H and O–H groups in total. The van der Waals surface area contributed by atoms with Gasteiger partial charge in [-0.3, -0.25) is 13.9 Å². The lowest BCUT2D eigenvalue weighted by atomic mass is 10.1. The SMILES string of the molecule is CC[C@@H](C(=O)NCC(C)C)N(Cc1ccc(C)cc1)C(=O)CN(c1ccc(C)c(Cl)c1)S(=O)(=O)c1ccccc1. The molecule has 3 aromatic carbocycles. The number of hydrogen-bond acceptors (Lipinski definition) is 4. The van der Waals surface area contributed by atoms with E-state index in [0.717, 1.165) is 21.0 Å². The Morgan fingerprint density at radius 2 is 1.60 bits per heavy atom. The number of benzene rings is 3. The van der Waals surface area contributed by atoms with Crippen molar-refractivity contribution in [3.63, 3.8) is 0 Å². The van der Waals surface area contributed by atoms with Crippen molar-refractivity contribution < 1.29 is 18.0 Å². The number of carbonyl (C=O) groups is 2. The number of hydrogen-bond donors (Lipinski definition) is 1. The molecule has 0 heterocycles. The first kappa shape index (κ1) is 31.2. The number of rotatable bonds is 12. The maximum absolute atomic E-state index is 14.1. The molecular formula is C31H38ClN3O4S. The molecule has 0 saturated carbocycles. The fourth-order valence-corrected chi connectivity index (χ4v) is 5.82. The second-order valence-electron chi connectivity index (χ2n) is 10.3. The molecule has 9 heteroatoms. The number of halogens is 1. The molecule has 0 unspecified atom stereocenters. The summed E-state index contributed by atoms with van der Waals surface area (Å²) < 4.78 is 28.8. The Kier molecular flexibility index (Phi) is 10.8. The van der Waals surface area contributed by atoms with E-state index < -0.39 is 28.5 Å². The van der Waals surface area contributed by atoms with Gasteiger partial charge in [0, 0.05) is 18.1 Å². The molecule has 0 aliphatic carbocycles. The van der Waals surface area contributed by atoms with Crippen LogP contribution in [0.5, 0.6) is 0 Å². The van der Waals surface area contributed by atoms with Gasteiger partial charge < -0.3 is 10.2 Å². The van der Waals surface area contributed by atoms with Gasteiger partial charge in [0.15, 0.2) is 0 Å². The van der Waals surface area contributed by atoms with Crippen LogP contribution in [0.1, 0.15) is 43.9 Å². The zero-order chi connectivity index (χ0) is 29.4. The van der Waals surface area contributed by atoms with Gasteiger partial charge in [0.1, 0.15) is 12.6 Å². The molecule has 0 spiro atoms. The van der Waals surface area contributed by atoms with E-state index in [4.69, 9.17) is 11.6 Å². The van der Waals surface area contributed by atoms with Crippen LogP contribution in [0.4, 0.5) is 5.69 Å². The first-order valence-electron chi connectivity index (χ1n) is 13.4. The molecule has 0 radical (unpaired) electrons. The number of sulfonamides is 1. The van der Waals surface area contributed by atoms with Crippen LogP contribution in [0.25, 0.3) is 0 Å². The van der Waals surface area contributed by atoms with Crippen LogP contribution in [0.15, 0.2) is 77.7 Å². The average molecular weight is 584 g/mol. The second kappa shape index (κ2) is 13.8. The summed E-state index contributed by atoms with van der Waals surface area (Å²) in [5.74, 6) is -0.531. The summed E-state index contributed by atoms with van der Waals surface area (Å²) in [5.41, 5.74) is 2.95. The van der Waals surface area contributed by atoms with Crippen LogP contribution >= 0.6 is 11.6 Å². The van der Waals surface area contributed by atoms with Gasteiger partial charge in [-0.1, -0.05) is 86.5 Å². The molecular weight excluding hydrogens is 546 g/mol. The predicted octanol–water partition coefficient (Wildman–Crippen LogP) is 5.73. The minimum Gasteiger partial charge on any atom is -0.354 e. The third kappa shape index (κ3) is 7.86. The van der Waals surface area contributed by atoms with E-state index in [9.17, 15) is 18.0 Å². The van der Waals surface area contributed by atoms with Gasteiger partial charge in [0.2, 0.25) is 11.8 Å². The van der Waals surface area contributed by atoms with Gasteiger partial charge in [0.25, 0.3) is 10.0 Å². The fourth-order valence-electron chi connectivity index (χ4n) is 4.22. The van der Waals surface area contributed by atoms with Crippen LogP contribution in [0.3, 0.4) is 0 Å². The number of aryl methyl sites for hydroxylation is 2. The van der Waals surface area contributed by atoms with E-state index in [1.165, 1.54) is 17.0 Å². The van der Waals surface area contributed by atoms with E-state index in [2.05, 4.69) is 5.32 Å². The highest BCUT2D eigenvalue weighted by Crippen LogP contribution is 2.28. The minimum absolute atomic E-state index is 0.0475. The third-order valence-corrected chi connectivity index (χ3v) is 8.79. The summed E-state index contributed by atoms with van der Waals surface area (Å²) in [4.78, 5) is 28.9. The summed E-state index contributed by atoms with van der Waals surface area (Å²) in [6.45, 7) is 9.74. The summed E-state index contributed by atoms with van der Waals surface area (Å²) in [5, 5.41) is 3.32. The van der Waals surface area contributed by atoms with Gasteiger partial charge >= 0.3 is 0 Å². The van der Waals surface area contributed by atoms with Crippen LogP contribution in [-0.2, 0) is 26.2 Å². The first-order chi connectivity index (χ1) is 18.9. The van der Waals surface area contributed by atoms with Crippen LogP contribution in [0, 0.1) is 19.8 Å². The molecule has 1 atom stereocenters. The summed E-state index contributed by atoms with van der Waals surface area (Å²) in [7, 11) is -4.14. The van der Waals surface area contributed by atoms with E-state index >= 15 is 0 Å². The molecule has 3 aromatic rings. The first-order valence-corrected chi connectivity index (χ1v) is 15.2. The molecule has 0 aliphatic heterocycles. The van der Waals surface area contributed by atoms with Crippen molar-refractivity contribution in [2.75, 3.05) is 17.4 Å². The van der Waals surface area contributed by atoms with Crippen molar-refractivity contribution in [2.24, 2.45) is 5.92 Å². The topological polar surface area (TPSA) is 86.8 Å². The number of nitrogens with zero attached hydrogens (tertiary/aromatic N) is 2. The second-order valence-corrected chi connectivity index (χ2v) is 12.6. The largest absolute Gasteiger partial charge is 0.354 e. The molecule has 0 aromatic heterocycles. The van der Waals surface area contributed by atoms with Crippen molar-refractivity contribution in [1.82, 2.24) is 10.2 Å². The summed E-state index contributed by atoms with van der Waals surface area (Å²) in [6.07, 6.45) is 0.364. The predicted molar refractivity (Wildman–Crippen MR) is 161 cm³/mol. The lowest BCUT2D eigenvalue weighted by Crippen LogP contribution is -2.52. The molecule has 0 fully saturated rings.